The minimum absolute atomic E-state index is 0.782. The first kappa shape index (κ1) is 15.0. The van der Waals surface area contributed by atoms with E-state index in [4.69, 9.17) is 0 Å². The molecule has 0 aliphatic carbocycles. The molecule has 1 heteroatoms. The van der Waals surface area contributed by atoms with Gasteiger partial charge in [0.2, 0.25) is 0 Å². The van der Waals surface area contributed by atoms with E-state index < -0.39 is 0 Å². The van der Waals surface area contributed by atoms with Gasteiger partial charge in [-0.15, -0.1) is 0 Å². The summed E-state index contributed by atoms with van der Waals surface area (Å²) in [5.74, 6) is 0.782. The Morgan fingerprint density at radius 3 is 2.40 bits per heavy atom. The van der Waals surface area contributed by atoms with E-state index in [1.807, 2.05) is 0 Å². The molecule has 0 heterocycles. The fourth-order valence-corrected chi connectivity index (χ4v) is 2.22. The van der Waals surface area contributed by atoms with Crippen LogP contribution in [-0.2, 0) is 0 Å². The smallest absolute Gasteiger partial charge is 0.0214 e. The Labute approximate surface area is 104 Å². The van der Waals surface area contributed by atoms with Gasteiger partial charge in [-0.1, -0.05) is 60.0 Å². The van der Waals surface area contributed by atoms with Crippen LogP contribution in [0.3, 0.4) is 0 Å². The zero-order valence-corrected chi connectivity index (χ0v) is 12.2. The fourth-order valence-electron chi connectivity index (χ4n) is 1.76. The molecule has 0 atom stereocenters. The number of alkyl halides is 1. The second-order valence-electron chi connectivity index (χ2n) is 4.56. The minimum atomic E-state index is 0.782. The molecule has 0 spiro atoms. The SMILES string of the molecule is CCC(=CCBr)CCC=C(C)CC(C)C. The van der Waals surface area contributed by atoms with E-state index in [1.165, 1.54) is 25.7 Å². The van der Waals surface area contributed by atoms with Crippen molar-refractivity contribution >= 4 is 15.9 Å². The van der Waals surface area contributed by atoms with Gasteiger partial charge in [0.25, 0.3) is 0 Å². The van der Waals surface area contributed by atoms with Crippen LogP contribution >= 0.6 is 15.9 Å². The molecule has 0 nitrogen and oxygen atoms in total. The van der Waals surface area contributed by atoms with Crippen molar-refractivity contribution in [2.45, 2.75) is 53.4 Å². The lowest BCUT2D eigenvalue weighted by Crippen LogP contribution is -1.88. The van der Waals surface area contributed by atoms with E-state index in [1.54, 1.807) is 11.1 Å². The highest BCUT2D eigenvalue weighted by atomic mass is 79.9. The number of hydrogen-bond donors (Lipinski definition) is 0. The van der Waals surface area contributed by atoms with Crippen LogP contribution in [0.1, 0.15) is 53.4 Å². The molecule has 0 fully saturated rings. The van der Waals surface area contributed by atoms with E-state index in [9.17, 15) is 0 Å². The monoisotopic (exact) mass is 272 g/mol. The molecule has 0 unspecified atom stereocenters. The van der Waals surface area contributed by atoms with E-state index in [2.05, 4.69) is 55.8 Å². The summed E-state index contributed by atoms with van der Waals surface area (Å²) in [5, 5.41) is 0.991. The van der Waals surface area contributed by atoms with Gasteiger partial charge in [-0.3, -0.25) is 0 Å². The van der Waals surface area contributed by atoms with Gasteiger partial charge in [0.05, 0.1) is 0 Å². The summed E-state index contributed by atoms with van der Waals surface area (Å²) in [7, 11) is 0. The first-order chi connectivity index (χ1) is 7.10. The highest BCUT2D eigenvalue weighted by Crippen LogP contribution is 2.14. The van der Waals surface area contributed by atoms with Crippen molar-refractivity contribution in [1.29, 1.82) is 0 Å². The summed E-state index contributed by atoms with van der Waals surface area (Å²) >= 11 is 3.45. The van der Waals surface area contributed by atoms with Gasteiger partial charge in [0.1, 0.15) is 0 Å². The quantitative estimate of drug-likeness (QED) is 0.425. The average molecular weight is 273 g/mol. The van der Waals surface area contributed by atoms with Crippen LogP contribution in [0.5, 0.6) is 0 Å². The van der Waals surface area contributed by atoms with Crippen LogP contribution in [0.25, 0.3) is 0 Å². The van der Waals surface area contributed by atoms with Gasteiger partial charge in [-0.2, -0.15) is 0 Å². The average Bonchev–Trinajstić information content (AvgIpc) is 2.15. The third-order valence-corrected chi connectivity index (χ3v) is 2.83. The topological polar surface area (TPSA) is 0 Å². The highest BCUT2D eigenvalue weighted by Gasteiger charge is 1.96. The lowest BCUT2D eigenvalue weighted by atomic mass is 10.0. The molecule has 0 aromatic rings. The van der Waals surface area contributed by atoms with Gasteiger partial charge < -0.3 is 0 Å². The largest absolute Gasteiger partial charge is 0.0883 e. The number of allylic oxidation sites excluding steroid dienone is 4. The predicted octanol–water partition coefficient (Wildman–Crippen LogP) is 5.49. The molecule has 0 amide bonds. The Hall–Kier alpha value is -0.0400. The molecule has 0 aromatic heterocycles. The number of halogens is 1. The normalized spacial score (nSPS) is 13.7. The van der Waals surface area contributed by atoms with Crippen LogP contribution in [0.2, 0.25) is 0 Å². The Bertz CT molecular complexity index is 211. The van der Waals surface area contributed by atoms with Crippen molar-refractivity contribution in [2.24, 2.45) is 5.92 Å². The summed E-state index contributed by atoms with van der Waals surface area (Å²) in [6.07, 6.45) is 9.54. The molecule has 0 aliphatic rings. The second kappa shape index (κ2) is 9.21. The lowest BCUT2D eigenvalue weighted by Gasteiger charge is -2.05. The first-order valence-electron chi connectivity index (χ1n) is 5.99. The van der Waals surface area contributed by atoms with Crippen LogP contribution in [0.4, 0.5) is 0 Å². The molecule has 0 rings (SSSR count). The Balaban J connectivity index is 3.89. The molecular weight excluding hydrogens is 248 g/mol. The van der Waals surface area contributed by atoms with Crippen LogP contribution < -0.4 is 0 Å². The maximum absolute atomic E-state index is 3.45. The fraction of sp³-hybridized carbons (Fsp3) is 0.714. The number of hydrogen-bond acceptors (Lipinski definition) is 0. The third-order valence-electron chi connectivity index (χ3n) is 2.51. The van der Waals surface area contributed by atoms with Crippen molar-refractivity contribution in [3.8, 4) is 0 Å². The maximum atomic E-state index is 3.45. The Morgan fingerprint density at radius 1 is 1.27 bits per heavy atom. The maximum Gasteiger partial charge on any atom is 0.0214 e. The zero-order valence-electron chi connectivity index (χ0n) is 10.6. The molecule has 0 aliphatic heterocycles. The molecule has 0 N–H and O–H groups in total. The first-order valence-corrected chi connectivity index (χ1v) is 7.11. The van der Waals surface area contributed by atoms with Crippen LogP contribution in [0.15, 0.2) is 23.3 Å². The standard InChI is InChI=1S/C14H25Br/c1-5-14(9-10-15)8-6-7-13(4)11-12(2)3/h7,9,12H,5-6,8,10-11H2,1-4H3. The van der Waals surface area contributed by atoms with Crippen molar-refractivity contribution < 1.29 is 0 Å². The van der Waals surface area contributed by atoms with E-state index in [-0.39, 0.29) is 0 Å². The third kappa shape index (κ3) is 8.92. The summed E-state index contributed by atoms with van der Waals surface area (Å²) in [6, 6.07) is 0. The van der Waals surface area contributed by atoms with Crippen molar-refractivity contribution in [1.82, 2.24) is 0 Å². The van der Waals surface area contributed by atoms with E-state index in [0.29, 0.717) is 0 Å². The van der Waals surface area contributed by atoms with Gasteiger partial charge in [0.15, 0.2) is 0 Å². The minimum Gasteiger partial charge on any atom is -0.0883 e. The van der Waals surface area contributed by atoms with E-state index >= 15 is 0 Å². The molecule has 0 saturated heterocycles. The Morgan fingerprint density at radius 2 is 1.93 bits per heavy atom. The highest BCUT2D eigenvalue weighted by molar-refractivity contribution is 9.09. The molecule has 0 bridgehead atoms. The van der Waals surface area contributed by atoms with Crippen molar-refractivity contribution in [3.05, 3.63) is 23.3 Å². The lowest BCUT2D eigenvalue weighted by molar-refractivity contribution is 0.640. The summed E-state index contributed by atoms with van der Waals surface area (Å²) in [4.78, 5) is 0. The molecule has 0 saturated carbocycles. The van der Waals surface area contributed by atoms with E-state index in [0.717, 1.165) is 11.2 Å². The predicted molar refractivity (Wildman–Crippen MR) is 74.6 cm³/mol. The van der Waals surface area contributed by atoms with Gasteiger partial charge in [-0.05, 0) is 38.5 Å². The van der Waals surface area contributed by atoms with Gasteiger partial charge >= 0.3 is 0 Å². The molecule has 0 radical (unpaired) electrons. The molecule has 88 valence electrons. The number of rotatable bonds is 7. The Kier molecular flexibility index (Phi) is 9.18. The van der Waals surface area contributed by atoms with Gasteiger partial charge in [0, 0.05) is 5.33 Å². The van der Waals surface area contributed by atoms with Gasteiger partial charge in [-0.25, -0.2) is 0 Å². The van der Waals surface area contributed by atoms with Crippen LogP contribution in [0, 0.1) is 5.92 Å². The van der Waals surface area contributed by atoms with Crippen molar-refractivity contribution in [2.75, 3.05) is 5.33 Å². The molecule has 15 heavy (non-hydrogen) atoms. The zero-order chi connectivity index (χ0) is 11.7. The second-order valence-corrected chi connectivity index (χ2v) is 5.20. The summed E-state index contributed by atoms with van der Waals surface area (Å²) < 4.78 is 0. The van der Waals surface area contributed by atoms with Crippen molar-refractivity contribution in [3.63, 3.8) is 0 Å². The molecular formula is C14H25Br. The van der Waals surface area contributed by atoms with Crippen LogP contribution in [-0.4, -0.2) is 5.33 Å². The summed E-state index contributed by atoms with van der Waals surface area (Å²) in [6.45, 7) is 9.04. The molecule has 0 aromatic carbocycles. The summed E-state index contributed by atoms with van der Waals surface area (Å²) in [5.41, 5.74) is 3.11.